The fourth-order valence-electron chi connectivity index (χ4n) is 0.672. The standard InChI is InChI=1S/C8H12O6/c1-4-6(10)14-8(3,7(11)12)13-5(2)9/h4H2,1-3H3,(H,11,12). The second-order valence-electron chi connectivity index (χ2n) is 2.67. The Hall–Kier alpha value is -1.59. The van der Waals surface area contributed by atoms with E-state index in [0.29, 0.717) is 0 Å². The number of carbonyl (C=O) groups excluding carboxylic acids is 2. The molecule has 0 aliphatic rings. The number of rotatable bonds is 4. The smallest absolute Gasteiger partial charge is 0.390 e. The lowest BCUT2D eigenvalue weighted by Crippen LogP contribution is -2.44. The van der Waals surface area contributed by atoms with Crippen molar-refractivity contribution in [3.8, 4) is 0 Å². The van der Waals surface area contributed by atoms with Gasteiger partial charge in [0.1, 0.15) is 0 Å². The van der Waals surface area contributed by atoms with Gasteiger partial charge in [-0.15, -0.1) is 0 Å². The lowest BCUT2D eigenvalue weighted by atomic mass is 10.3. The van der Waals surface area contributed by atoms with E-state index in [9.17, 15) is 14.4 Å². The average molecular weight is 204 g/mol. The van der Waals surface area contributed by atoms with Crippen molar-refractivity contribution in [2.24, 2.45) is 0 Å². The molecule has 6 heteroatoms. The Balaban J connectivity index is 4.63. The van der Waals surface area contributed by atoms with Crippen LogP contribution in [-0.2, 0) is 23.9 Å². The molecule has 0 fully saturated rings. The van der Waals surface area contributed by atoms with E-state index < -0.39 is 23.7 Å². The van der Waals surface area contributed by atoms with Crippen molar-refractivity contribution < 1.29 is 29.0 Å². The number of aliphatic carboxylic acids is 1. The van der Waals surface area contributed by atoms with E-state index in [1.807, 2.05) is 0 Å². The molecule has 1 N–H and O–H groups in total. The first kappa shape index (κ1) is 12.4. The Morgan fingerprint density at radius 3 is 2.07 bits per heavy atom. The Morgan fingerprint density at radius 1 is 1.29 bits per heavy atom. The van der Waals surface area contributed by atoms with Gasteiger partial charge in [-0.1, -0.05) is 6.92 Å². The third kappa shape index (κ3) is 3.42. The highest BCUT2D eigenvalue weighted by Crippen LogP contribution is 2.14. The molecule has 0 radical (unpaired) electrons. The zero-order valence-corrected chi connectivity index (χ0v) is 8.20. The van der Waals surface area contributed by atoms with Crippen molar-refractivity contribution >= 4 is 17.9 Å². The first-order valence-electron chi connectivity index (χ1n) is 3.96. The molecule has 0 spiro atoms. The first-order valence-corrected chi connectivity index (χ1v) is 3.96. The number of hydrogen-bond acceptors (Lipinski definition) is 5. The van der Waals surface area contributed by atoms with Gasteiger partial charge in [0.05, 0.1) is 0 Å². The van der Waals surface area contributed by atoms with E-state index in [2.05, 4.69) is 9.47 Å². The Kier molecular flexibility index (Phi) is 4.07. The van der Waals surface area contributed by atoms with Crippen LogP contribution in [0.3, 0.4) is 0 Å². The second kappa shape index (κ2) is 4.59. The molecule has 0 aromatic carbocycles. The Labute approximate surface area is 80.8 Å². The van der Waals surface area contributed by atoms with Gasteiger partial charge in [0.15, 0.2) is 0 Å². The molecule has 0 aromatic rings. The number of hydrogen-bond donors (Lipinski definition) is 1. The highest BCUT2D eigenvalue weighted by molar-refractivity contribution is 5.82. The van der Waals surface area contributed by atoms with E-state index in [1.165, 1.54) is 6.92 Å². The van der Waals surface area contributed by atoms with Crippen LogP contribution >= 0.6 is 0 Å². The molecule has 0 saturated heterocycles. The van der Waals surface area contributed by atoms with Crippen LogP contribution in [-0.4, -0.2) is 28.8 Å². The Morgan fingerprint density at radius 2 is 1.79 bits per heavy atom. The maximum Gasteiger partial charge on any atom is 0.390 e. The summed E-state index contributed by atoms with van der Waals surface area (Å²) in [7, 11) is 0. The SMILES string of the molecule is CCC(=O)OC(C)(OC(C)=O)C(=O)O. The van der Waals surface area contributed by atoms with Crippen LogP contribution in [0.25, 0.3) is 0 Å². The topological polar surface area (TPSA) is 89.9 Å². The molecule has 0 amide bonds. The number of ether oxygens (including phenoxy) is 2. The fraction of sp³-hybridized carbons (Fsp3) is 0.625. The molecular weight excluding hydrogens is 192 g/mol. The summed E-state index contributed by atoms with van der Waals surface area (Å²) in [6, 6.07) is 0. The summed E-state index contributed by atoms with van der Waals surface area (Å²) in [6.45, 7) is 3.52. The summed E-state index contributed by atoms with van der Waals surface area (Å²) < 4.78 is 8.87. The van der Waals surface area contributed by atoms with Gasteiger partial charge in [0, 0.05) is 20.3 Å². The first-order chi connectivity index (χ1) is 6.31. The minimum Gasteiger partial charge on any atom is -0.475 e. The monoisotopic (exact) mass is 204 g/mol. The van der Waals surface area contributed by atoms with E-state index in [0.717, 1.165) is 13.8 Å². The van der Waals surface area contributed by atoms with Gasteiger partial charge in [-0.3, -0.25) is 9.59 Å². The van der Waals surface area contributed by atoms with Gasteiger partial charge < -0.3 is 14.6 Å². The summed E-state index contributed by atoms with van der Waals surface area (Å²) in [5, 5.41) is 8.67. The second-order valence-corrected chi connectivity index (χ2v) is 2.67. The van der Waals surface area contributed by atoms with Crippen LogP contribution in [0.4, 0.5) is 0 Å². The third-order valence-corrected chi connectivity index (χ3v) is 1.32. The number of carbonyl (C=O) groups is 3. The predicted molar refractivity (Wildman–Crippen MR) is 44.2 cm³/mol. The molecule has 0 aromatic heterocycles. The largest absolute Gasteiger partial charge is 0.475 e. The minimum atomic E-state index is -2.24. The molecule has 1 atom stereocenters. The molecule has 0 rings (SSSR count). The zero-order chi connectivity index (χ0) is 11.4. The van der Waals surface area contributed by atoms with Crippen LogP contribution in [0.2, 0.25) is 0 Å². The molecule has 6 nitrogen and oxygen atoms in total. The van der Waals surface area contributed by atoms with Gasteiger partial charge in [-0.05, 0) is 0 Å². The summed E-state index contributed by atoms with van der Waals surface area (Å²) in [5.74, 6) is -5.36. The van der Waals surface area contributed by atoms with Crippen LogP contribution in [0.5, 0.6) is 0 Å². The van der Waals surface area contributed by atoms with Crippen molar-refractivity contribution in [2.45, 2.75) is 33.0 Å². The molecule has 0 aliphatic carbocycles. The quantitative estimate of drug-likeness (QED) is 0.523. The van der Waals surface area contributed by atoms with E-state index >= 15 is 0 Å². The minimum absolute atomic E-state index is 0.00410. The van der Waals surface area contributed by atoms with E-state index in [1.54, 1.807) is 0 Å². The fourth-order valence-corrected chi connectivity index (χ4v) is 0.672. The summed E-state index contributed by atoms with van der Waals surface area (Å²) >= 11 is 0. The lowest BCUT2D eigenvalue weighted by Gasteiger charge is -2.23. The van der Waals surface area contributed by atoms with Gasteiger partial charge in [-0.2, -0.15) is 0 Å². The highest BCUT2D eigenvalue weighted by atomic mass is 16.7. The van der Waals surface area contributed by atoms with Crippen molar-refractivity contribution in [1.29, 1.82) is 0 Å². The zero-order valence-electron chi connectivity index (χ0n) is 8.20. The van der Waals surface area contributed by atoms with Crippen molar-refractivity contribution in [3.63, 3.8) is 0 Å². The van der Waals surface area contributed by atoms with Crippen molar-refractivity contribution in [2.75, 3.05) is 0 Å². The summed E-state index contributed by atoms with van der Waals surface area (Å²) in [5.41, 5.74) is 0. The molecule has 0 heterocycles. The normalized spacial score (nSPS) is 13.9. The van der Waals surface area contributed by atoms with E-state index in [4.69, 9.17) is 5.11 Å². The molecule has 80 valence electrons. The lowest BCUT2D eigenvalue weighted by molar-refractivity contribution is -0.230. The third-order valence-electron chi connectivity index (χ3n) is 1.32. The average Bonchev–Trinajstić information content (AvgIpc) is 2.02. The van der Waals surface area contributed by atoms with Gasteiger partial charge in [0.25, 0.3) is 0 Å². The van der Waals surface area contributed by atoms with Gasteiger partial charge in [0.2, 0.25) is 0 Å². The predicted octanol–water partition coefficient (Wildman–Crippen LogP) is 0.303. The van der Waals surface area contributed by atoms with Crippen LogP contribution in [0.15, 0.2) is 0 Å². The number of carboxylic acids is 1. The number of esters is 2. The molecule has 14 heavy (non-hydrogen) atoms. The van der Waals surface area contributed by atoms with Crippen molar-refractivity contribution in [3.05, 3.63) is 0 Å². The molecule has 0 aliphatic heterocycles. The summed E-state index contributed by atoms with van der Waals surface area (Å²) in [6.07, 6.45) is 0.00410. The maximum absolute atomic E-state index is 10.8. The molecule has 0 bridgehead atoms. The summed E-state index contributed by atoms with van der Waals surface area (Å²) in [4.78, 5) is 32.0. The van der Waals surface area contributed by atoms with Gasteiger partial charge in [-0.25, -0.2) is 4.79 Å². The van der Waals surface area contributed by atoms with Crippen molar-refractivity contribution in [1.82, 2.24) is 0 Å². The molecule has 1 unspecified atom stereocenters. The number of carboxylic acid groups (broad SMARTS) is 1. The Bertz CT molecular complexity index is 259. The van der Waals surface area contributed by atoms with E-state index in [-0.39, 0.29) is 6.42 Å². The van der Waals surface area contributed by atoms with Crippen LogP contribution in [0, 0.1) is 0 Å². The van der Waals surface area contributed by atoms with Gasteiger partial charge >= 0.3 is 23.7 Å². The van der Waals surface area contributed by atoms with Crippen LogP contribution in [0.1, 0.15) is 27.2 Å². The molecule has 0 saturated carbocycles. The maximum atomic E-state index is 10.8. The molecular formula is C8H12O6. The van der Waals surface area contributed by atoms with Crippen LogP contribution < -0.4 is 0 Å². The highest BCUT2D eigenvalue weighted by Gasteiger charge is 2.40.